The predicted octanol–water partition coefficient (Wildman–Crippen LogP) is 4.33. The number of hydrogen-bond donors (Lipinski definition) is 0. The SMILES string of the molecule is COC(=O)Cc1cn(-c2ccc([N+](=O)[O-])cc2C)c2ccc(Br)cc12. The van der Waals surface area contributed by atoms with Crippen molar-refractivity contribution in [1.82, 2.24) is 4.57 Å². The molecule has 0 fully saturated rings. The fourth-order valence-corrected chi connectivity index (χ4v) is 3.22. The highest BCUT2D eigenvalue weighted by Gasteiger charge is 2.16. The van der Waals surface area contributed by atoms with Crippen LogP contribution in [0.5, 0.6) is 0 Å². The molecule has 1 aromatic heterocycles. The quantitative estimate of drug-likeness (QED) is 0.369. The molecule has 0 bridgehead atoms. The zero-order chi connectivity index (χ0) is 18.1. The first-order valence-electron chi connectivity index (χ1n) is 7.52. The van der Waals surface area contributed by atoms with E-state index in [9.17, 15) is 14.9 Å². The number of nitrogens with zero attached hydrogens (tertiary/aromatic N) is 2. The molecule has 128 valence electrons. The lowest BCUT2D eigenvalue weighted by Gasteiger charge is -2.09. The first-order valence-corrected chi connectivity index (χ1v) is 8.31. The number of carbonyl (C=O) groups is 1. The summed E-state index contributed by atoms with van der Waals surface area (Å²) < 4.78 is 7.63. The van der Waals surface area contributed by atoms with E-state index in [2.05, 4.69) is 15.9 Å². The van der Waals surface area contributed by atoms with Gasteiger partial charge in [-0.05, 0) is 42.3 Å². The average Bonchev–Trinajstić information content (AvgIpc) is 2.92. The molecular weight excluding hydrogens is 388 g/mol. The van der Waals surface area contributed by atoms with Crippen LogP contribution in [0.3, 0.4) is 0 Å². The van der Waals surface area contributed by atoms with Crippen LogP contribution >= 0.6 is 15.9 Å². The zero-order valence-electron chi connectivity index (χ0n) is 13.7. The predicted molar refractivity (Wildman–Crippen MR) is 98.1 cm³/mol. The summed E-state index contributed by atoms with van der Waals surface area (Å²) in [6, 6.07) is 10.6. The van der Waals surface area contributed by atoms with Crippen molar-refractivity contribution in [3.63, 3.8) is 0 Å². The van der Waals surface area contributed by atoms with Crippen molar-refractivity contribution in [3.05, 3.63) is 68.3 Å². The van der Waals surface area contributed by atoms with Gasteiger partial charge in [0.05, 0.1) is 24.0 Å². The maximum absolute atomic E-state index is 11.7. The molecule has 0 radical (unpaired) electrons. The molecule has 0 saturated heterocycles. The van der Waals surface area contributed by atoms with Gasteiger partial charge in [-0.3, -0.25) is 14.9 Å². The monoisotopic (exact) mass is 402 g/mol. The number of aromatic nitrogens is 1. The molecule has 3 rings (SSSR count). The number of carbonyl (C=O) groups excluding carboxylic acids is 1. The number of benzene rings is 2. The molecule has 0 N–H and O–H groups in total. The minimum absolute atomic E-state index is 0.0511. The van der Waals surface area contributed by atoms with Gasteiger partial charge in [0.2, 0.25) is 0 Å². The maximum Gasteiger partial charge on any atom is 0.310 e. The normalized spacial score (nSPS) is 10.8. The summed E-state index contributed by atoms with van der Waals surface area (Å²) in [5, 5.41) is 11.9. The van der Waals surface area contributed by atoms with E-state index in [0.29, 0.717) is 0 Å². The van der Waals surface area contributed by atoms with Crippen LogP contribution in [0.25, 0.3) is 16.6 Å². The summed E-state index contributed by atoms with van der Waals surface area (Å²) in [4.78, 5) is 22.3. The van der Waals surface area contributed by atoms with Crippen molar-refractivity contribution in [2.24, 2.45) is 0 Å². The Kier molecular flexibility index (Phi) is 4.59. The van der Waals surface area contributed by atoms with E-state index in [4.69, 9.17) is 4.74 Å². The number of rotatable bonds is 4. The lowest BCUT2D eigenvalue weighted by atomic mass is 10.1. The molecule has 0 saturated carbocycles. The fraction of sp³-hybridized carbons (Fsp3) is 0.167. The number of aryl methyl sites for hydroxylation is 1. The molecule has 7 heteroatoms. The lowest BCUT2D eigenvalue weighted by Crippen LogP contribution is -2.04. The van der Waals surface area contributed by atoms with Crippen molar-refractivity contribution in [2.45, 2.75) is 13.3 Å². The summed E-state index contributed by atoms with van der Waals surface area (Å²) >= 11 is 3.45. The largest absolute Gasteiger partial charge is 0.469 e. The Bertz CT molecular complexity index is 994. The van der Waals surface area contributed by atoms with Gasteiger partial charge in [0.15, 0.2) is 0 Å². The van der Waals surface area contributed by atoms with E-state index in [-0.39, 0.29) is 18.1 Å². The molecule has 2 aromatic carbocycles. The molecule has 1 heterocycles. The van der Waals surface area contributed by atoms with Crippen LogP contribution in [-0.4, -0.2) is 22.6 Å². The van der Waals surface area contributed by atoms with Crippen LogP contribution < -0.4 is 0 Å². The Balaban J connectivity index is 2.20. The number of fused-ring (bicyclic) bond motifs is 1. The Labute approximate surface area is 152 Å². The number of nitro groups is 1. The molecule has 0 unspecified atom stereocenters. The summed E-state index contributed by atoms with van der Waals surface area (Å²) in [6.45, 7) is 1.83. The second-order valence-electron chi connectivity index (χ2n) is 5.67. The molecule has 0 aliphatic carbocycles. The number of hydrogen-bond acceptors (Lipinski definition) is 4. The lowest BCUT2D eigenvalue weighted by molar-refractivity contribution is -0.384. The molecule has 0 amide bonds. The third-order valence-corrected chi connectivity index (χ3v) is 4.56. The van der Waals surface area contributed by atoms with Gasteiger partial charge in [0.25, 0.3) is 5.69 Å². The van der Waals surface area contributed by atoms with E-state index in [1.165, 1.54) is 13.2 Å². The van der Waals surface area contributed by atoms with Crippen LogP contribution in [0.2, 0.25) is 0 Å². The molecule has 0 spiro atoms. The number of halogens is 1. The van der Waals surface area contributed by atoms with E-state index < -0.39 is 4.92 Å². The number of ether oxygens (including phenoxy) is 1. The van der Waals surface area contributed by atoms with Crippen LogP contribution in [0.15, 0.2) is 47.1 Å². The van der Waals surface area contributed by atoms with Crippen LogP contribution in [0, 0.1) is 17.0 Å². The summed E-state index contributed by atoms with van der Waals surface area (Å²) in [5.41, 5.74) is 3.41. The summed E-state index contributed by atoms with van der Waals surface area (Å²) in [6.07, 6.45) is 2.03. The molecule has 0 atom stereocenters. The van der Waals surface area contributed by atoms with Crippen molar-refractivity contribution in [1.29, 1.82) is 0 Å². The summed E-state index contributed by atoms with van der Waals surface area (Å²) in [5.74, 6) is -0.320. The van der Waals surface area contributed by atoms with Crippen molar-refractivity contribution < 1.29 is 14.5 Å². The van der Waals surface area contributed by atoms with Crippen LogP contribution in [0.4, 0.5) is 5.69 Å². The smallest absolute Gasteiger partial charge is 0.310 e. The van der Waals surface area contributed by atoms with Gasteiger partial charge in [0, 0.05) is 33.9 Å². The van der Waals surface area contributed by atoms with E-state index in [1.807, 2.05) is 35.9 Å². The average molecular weight is 403 g/mol. The molecule has 0 aliphatic heterocycles. The van der Waals surface area contributed by atoms with Gasteiger partial charge in [-0.25, -0.2) is 0 Å². The zero-order valence-corrected chi connectivity index (χ0v) is 15.2. The third kappa shape index (κ3) is 3.28. The standard InChI is InChI=1S/C18H15BrN2O4/c1-11-7-14(21(23)24)4-6-16(11)20-10-12(8-18(22)25-2)15-9-13(19)3-5-17(15)20/h3-7,9-10H,8H2,1-2H3. The molecule has 25 heavy (non-hydrogen) atoms. The van der Waals surface area contributed by atoms with Crippen molar-refractivity contribution >= 4 is 38.5 Å². The summed E-state index contributed by atoms with van der Waals surface area (Å²) in [7, 11) is 1.36. The Morgan fingerprint density at radius 3 is 2.68 bits per heavy atom. The minimum Gasteiger partial charge on any atom is -0.469 e. The Morgan fingerprint density at radius 2 is 2.04 bits per heavy atom. The van der Waals surface area contributed by atoms with E-state index in [1.54, 1.807) is 12.1 Å². The highest BCUT2D eigenvalue weighted by atomic mass is 79.9. The van der Waals surface area contributed by atoms with Gasteiger partial charge in [-0.15, -0.1) is 0 Å². The molecule has 6 nitrogen and oxygen atoms in total. The number of esters is 1. The highest BCUT2D eigenvalue weighted by Crippen LogP contribution is 2.30. The fourth-order valence-electron chi connectivity index (χ4n) is 2.86. The highest BCUT2D eigenvalue weighted by molar-refractivity contribution is 9.10. The molecular formula is C18H15BrN2O4. The van der Waals surface area contributed by atoms with Gasteiger partial charge in [0.1, 0.15) is 0 Å². The number of non-ortho nitro benzene ring substituents is 1. The minimum atomic E-state index is -0.412. The van der Waals surface area contributed by atoms with E-state index >= 15 is 0 Å². The second kappa shape index (κ2) is 6.68. The first kappa shape index (κ1) is 17.2. The van der Waals surface area contributed by atoms with Gasteiger partial charge >= 0.3 is 5.97 Å². The number of nitro benzene ring substituents is 1. The van der Waals surface area contributed by atoms with Crippen molar-refractivity contribution in [3.8, 4) is 5.69 Å². The van der Waals surface area contributed by atoms with Crippen LogP contribution in [-0.2, 0) is 16.0 Å². The number of methoxy groups -OCH3 is 1. The Hall–Kier alpha value is -2.67. The third-order valence-electron chi connectivity index (χ3n) is 4.06. The van der Waals surface area contributed by atoms with Crippen molar-refractivity contribution in [2.75, 3.05) is 7.11 Å². The second-order valence-corrected chi connectivity index (χ2v) is 6.58. The maximum atomic E-state index is 11.7. The van der Waals surface area contributed by atoms with Gasteiger partial charge in [-0.2, -0.15) is 0 Å². The molecule has 0 aliphatic rings. The molecule has 3 aromatic rings. The van der Waals surface area contributed by atoms with Gasteiger partial charge in [-0.1, -0.05) is 15.9 Å². The first-order chi connectivity index (χ1) is 11.9. The van der Waals surface area contributed by atoms with E-state index in [0.717, 1.165) is 32.2 Å². The Morgan fingerprint density at radius 1 is 1.28 bits per heavy atom. The van der Waals surface area contributed by atoms with Crippen LogP contribution in [0.1, 0.15) is 11.1 Å². The topological polar surface area (TPSA) is 74.4 Å². The van der Waals surface area contributed by atoms with Gasteiger partial charge < -0.3 is 9.30 Å².